The lowest BCUT2D eigenvalue weighted by atomic mass is 10.2. The van der Waals surface area contributed by atoms with Gasteiger partial charge in [-0.2, -0.15) is 0 Å². The number of hydrogen-bond acceptors (Lipinski definition) is 3. The number of aryl methyl sites for hydroxylation is 2. The summed E-state index contributed by atoms with van der Waals surface area (Å²) in [6.45, 7) is 5.84. The summed E-state index contributed by atoms with van der Waals surface area (Å²) in [5, 5.41) is 2.02. The summed E-state index contributed by atoms with van der Waals surface area (Å²) < 4.78 is 12.5. The number of aromatic nitrogens is 1. The number of halogens is 2. The highest BCUT2D eigenvalue weighted by atomic mass is 35.5. The Morgan fingerprint density at radius 2 is 2.05 bits per heavy atom. The maximum Gasteiger partial charge on any atom is 0.0900 e. The molecule has 0 radical (unpaired) electrons. The molecule has 0 spiro atoms. The van der Waals surface area contributed by atoms with Crippen LogP contribution in [0.3, 0.4) is 0 Å². The van der Waals surface area contributed by atoms with E-state index >= 15 is 0 Å². The molecule has 1 aromatic carbocycles. The first-order valence-corrected chi connectivity index (χ1v) is 9.09. The zero-order chi connectivity index (χ0) is 14.9. The Bertz CT molecular complexity index is 655. The molecular weight excluding hydrogens is 333 g/mol. The highest BCUT2D eigenvalue weighted by Crippen LogP contribution is 2.31. The molecule has 2 rings (SSSR count). The molecule has 0 saturated heterocycles. The van der Waals surface area contributed by atoms with Crippen molar-refractivity contribution in [2.45, 2.75) is 31.8 Å². The molecule has 0 fully saturated rings. The monoisotopic (exact) mass is 347 g/mol. The van der Waals surface area contributed by atoms with Crippen LogP contribution in [0.15, 0.2) is 18.2 Å². The Hall–Kier alpha value is -0.420. The van der Waals surface area contributed by atoms with E-state index in [1.54, 1.807) is 23.5 Å². The summed E-state index contributed by atoms with van der Waals surface area (Å²) in [5.41, 5.74) is 1.84. The molecule has 0 amide bonds. The van der Waals surface area contributed by atoms with Crippen LogP contribution in [0.25, 0.3) is 0 Å². The molecule has 0 aliphatic rings. The molecule has 2 nitrogen and oxygen atoms in total. The van der Waals surface area contributed by atoms with E-state index in [-0.39, 0.29) is 5.25 Å². The van der Waals surface area contributed by atoms with Gasteiger partial charge in [-0.25, -0.2) is 4.98 Å². The van der Waals surface area contributed by atoms with Crippen molar-refractivity contribution < 1.29 is 4.21 Å². The molecular formula is C14H15Cl2NOS2. The largest absolute Gasteiger partial charge is 0.259 e. The second-order valence-corrected chi connectivity index (χ2v) is 8.46. The first-order valence-electron chi connectivity index (χ1n) is 6.13. The minimum Gasteiger partial charge on any atom is -0.259 e. The molecule has 0 aliphatic heterocycles. The van der Waals surface area contributed by atoms with E-state index in [1.807, 2.05) is 26.8 Å². The van der Waals surface area contributed by atoms with Crippen molar-refractivity contribution in [2.75, 3.05) is 0 Å². The summed E-state index contributed by atoms with van der Waals surface area (Å²) in [7, 11) is -1.04. The summed E-state index contributed by atoms with van der Waals surface area (Å²) in [6.07, 6.45) is 0. The molecule has 0 bridgehead atoms. The lowest BCUT2D eigenvalue weighted by Crippen LogP contribution is -2.06. The molecule has 2 atom stereocenters. The van der Waals surface area contributed by atoms with Gasteiger partial charge in [0, 0.05) is 25.7 Å². The quantitative estimate of drug-likeness (QED) is 0.771. The third-order valence-electron chi connectivity index (χ3n) is 3.07. The van der Waals surface area contributed by atoms with Crippen molar-refractivity contribution in [2.24, 2.45) is 0 Å². The summed E-state index contributed by atoms with van der Waals surface area (Å²) in [4.78, 5) is 5.45. The minimum absolute atomic E-state index is 0.137. The van der Waals surface area contributed by atoms with Gasteiger partial charge in [0.05, 0.1) is 21.7 Å². The predicted octanol–water partition coefficient (Wildman–Crippen LogP) is 5.08. The third-order valence-corrected chi connectivity index (χ3v) is 6.50. The molecule has 1 heterocycles. The van der Waals surface area contributed by atoms with Gasteiger partial charge >= 0.3 is 0 Å². The number of nitrogens with zero attached hydrogens (tertiary/aromatic N) is 1. The Labute approximate surface area is 135 Å². The molecule has 108 valence electrons. The van der Waals surface area contributed by atoms with Crippen molar-refractivity contribution in [3.63, 3.8) is 0 Å². The van der Waals surface area contributed by atoms with Crippen LogP contribution < -0.4 is 0 Å². The van der Waals surface area contributed by atoms with Crippen molar-refractivity contribution in [1.29, 1.82) is 0 Å². The van der Waals surface area contributed by atoms with E-state index in [9.17, 15) is 4.21 Å². The van der Waals surface area contributed by atoms with Gasteiger partial charge in [0.1, 0.15) is 0 Å². The van der Waals surface area contributed by atoms with Gasteiger partial charge in [0.2, 0.25) is 0 Å². The first kappa shape index (κ1) is 16.0. The average Bonchev–Trinajstić information content (AvgIpc) is 2.67. The Morgan fingerprint density at radius 1 is 1.35 bits per heavy atom. The smallest absolute Gasteiger partial charge is 0.0900 e. The minimum atomic E-state index is -1.04. The Morgan fingerprint density at radius 3 is 2.60 bits per heavy atom. The molecule has 2 unspecified atom stereocenters. The summed E-state index contributed by atoms with van der Waals surface area (Å²) in [5.74, 6) is 0.511. The van der Waals surface area contributed by atoms with E-state index in [0.717, 1.165) is 21.1 Å². The van der Waals surface area contributed by atoms with Crippen LogP contribution in [0.2, 0.25) is 10.0 Å². The van der Waals surface area contributed by atoms with Crippen molar-refractivity contribution in [3.05, 3.63) is 49.4 Å². The van der Waals surface area contributed by atoms with E-state index in [4.69, 9.17) is 23.2 Å². The van der Waals surface area contributed by atoms with Crippen LogP contribution in [0.4, 0.5) is 0 Å². The first-order chi connectivity index (χ1) is 9.38. The number of thiazole rings is 1. The van der Waals surface area contributed by atoms with Crippen molar-refractivity contribution >= 4 is 45.3 Å². The van der Waals surface area contributed by atoms with Crippen molar-refractivity contribution in [1.82, 2.24) is 4.98 Å². The van der Waals surface area contributed by atoms with Gasteiger partial charge in [-0.1, -0.05) is 29.3 Å². The van der Waals surface area contributed by atoms with Crippen LogP contribution in [0.1, 0.15) is 33.3 Å². The SMILES string of the molecule is Cc1nc(C)c(CS(=O)C(C)c2ccc(Cl)cc2Cl)s1. The highest BCUT2D eigenvalue weighted by Gasteiger charge is 2.19. The normalized spacial score (nSPS) is 14.2. The summed E-state index contributed by atoms with van der Waals surface area (Å²) >= 11 is 13.7. The van der Waals surface area contributed by atoms with E-state index < -0.39 is 10.8 Å². The maximum atomic E-state index is 12.5. The van der Waals surface area contributed by atoms with Gasteiger partial charge in [-0.05, 0) is 38.5 Å². The van der Waals surface area contributed by atoms with E-state index in [1.165, 1.54) is 0 Å². The van der Waals surface area contributed by atoms with Crippen LogP contribution >= 0.6 is 34.5 Å². The van der Waals surface area contributed by atoms with Gasteiger partial charge in [-0.3, -0.25) is 4.21 Å². The molecule has 2 aromatic rings. The van der Waals surface area contributed by atoms with Gasteiger partial charge in [-0.15, -0.1) is 11.3 Å². The van der Waals surface area contributed by atoms with Crippen LogP contribution in [-0.4, -0.2) is 9.19 Å². The van der Waals surface area contributed by atoms with Crippen LogP contribution in [-0.2, 0) is 16.6 Å². The fourth-order valence-corrected chi connectivity index (χ4v) is 5.09. The second-order valence-electron chi connectivity index (χ2n) is 4.57. The van der Waals surface area contributed by atoms with E-state index in [2.05, 4.69) is 4.98 Å². The number of benzene rings is 1. The number of hydrogen-bond donors (Lipinski definition) is 0. The molecule has 0 aliphatic carbocycles. The highest BCUT2D eigenvalue weighted by molar-refractivity contribution is 7.84. The lowest BCUT2D eigenvalue weighted by Gasteiger charge is -2.13. The number of rotatable bonds is 4. The average molecular weight is 348 g/mol. The zero-order valence-corrected chi connectivity index (χ0v) is 14.6. The Balaban J connectivity index is 2.18. The zero-order valence-electron chi connectivity index (χ0n) is 11.4. The molecule has 0 saturated carbocycles. The fourth-order valence-electron chi connectivity index (χ4n) is 1.93. The predicted molar refractivity (Wildman–Crippen MR) is 88.3 cm³/mol. The fraction of sp³-hybridized carbons (Fsp3) is 0.357. The van der Waals surface area contributed by atoms with Crippen LogP contribution in [0, 0.1) is 13.8 Å². The van der Waals surface area contributed by atoms with E-state index in [0.29, 0.717) is 15.8 Å². The summed E-state index contributed by atoms with van der Waals surface area (Å²) in [6, 6.07) is 5.31. The molecule has 20 heavy (non-hydrogen) atoms. The maximum absolute atomic E-state index is 12.5. The topological polar surface area (TPSA) is 30.0 Å². The van der Waals surface area contributed by atoms with Crippen molar-refractivity contribution in [3.8, 4) is 0 Å². The van der Waals surface area contributed by atoms with Gasteiger partial charge < -0.3 is 0 Å². The molecule has 6 heteroatoms. The van der Waals surface area contributed by atoms with Gasteiger partial charge in [0.25, 0.3) is 0 Å². The van der Waals surface area contributed by atoms with Gasteiger partial charge in [0.15, 0.2) is 0 Å². The van der Waals surface area contributed by atoms with Crippen LogP contribution in [0.5, 0.6) is 0 Å². The molecule has 1 aromatic heterocycles. The standard InChI is InChI=1S/C14H15Cl2NOS2/c1-8-14(19-10(3)17-8)7-20(18)9(2)12-5-4-11(15)6-13(12)16/h4-6,9H,7H2,1-3H3. The Kier molecular flexibility index (Phi) is 5.24. The lowest BCUT2D eigenvalue weighted by molar-refractivity contribution is 0.675. The second kappa shape index (κ2) is 6.56. The third kappa shape index (κ3) is 3.61. The molecule has 0 N–H and O–H groups in total.